The summed E-state index contributed by atoms with van der Waals surface area (Å²) in [5.74, 6) is 5.99. The molecule has 0 N–H and O–H groups in total. The van der Waals surface area contributed by atoms with Crippen molar-refractivity contribution < 1.29 is 54.4 Å². The summed E-state index contributed by atoms with van der Waals surface area (Å²) >= 11 is 0. The second-order valence-corrected chi connectivity index (χ2v) is 20.3. The third-order valence-corrected chi connectivity index (χ3v) is 14.0. The first kappa shape index (κ1) is 60.2. The van der Waals surface area contributed by atoms with E-state index in [1.807, 2.05) is 48.5 Å². The Labute approximate surface area is 487 Å². The van der Waals surface area contributed by atoms with Crippen molar-refractivity contribution in [3.63, 3.8) is 0 Å². The Bertz CT molecular complexity index is 2970. The molecule has 7 aromatic rings. The van der Waals surface area contributed by atoms with Crippen molar-refractivity contribution in [2.24, 2.45) is 0 Å². The van der Waals surface area contributed by atoms with Crippen LogP contribution in [0.3, 0.4) is 0 Å². The van der Waals surface area contributed by atoms with Gasteiger partial charge in [0.25, 0.3) is 0 Å². The normalized spacial score (nSPS) is 11.6. The van der Waals surface area contributed by atoms with Gasteiger partial charge in [0.1, 0.15) is 46.0 Å². The maximum atomic E-state index is 6.68. The van der Waals surface area contributed by atoms with Gasteiger partial charge < -0.3 is 67.8 Å². The zero-order valence-corrected chi connectivity index (χ0v) is 49.7. The summed E-state index contributed by atoms with van der Waals surface area (Å²) in [6.07, 6.45) is 14.3. The molecule has 8 bridgehead atoms. The molecule has 0 fully saturated rings. The van der Waals surface area contributed by atoms with Gasteiger partial charge in [-0.15, -0.1) is 0 Å². The van der Waals surface area contributed by atoms with Crippen molar-refractivity contribution >= 4 is 44.1 Å². The summed E-state index contributed by atoms with van der Waals surface area (Å²) in [7, 11) is 0. The smallest absolute Gasteiger partial charge is 0.493 e. The van der Waals surface area contributed by atoms with E-state index in [0.29, 0.717) is 189 Å². The molecule has 2 aliphatic rings. The Morgan fingerprint density at radius 2 is 0.432 bits per heavy atom. The molecule has 9 rings (SSSR count). The average Bonchev–Trinajstić information content (AvgIpc) is 4.36. The molecule has 0 amide bonds. The van der Waals surface area contributed by atoms with Crippen molar-refractivity contribution in [3.05, 3.63) is 48.5 Å². The summed E-state index contributed by atoms with van der Waals surface area (Å²) in [5.41, 5.74) is 3.79. The quantitative estimate of drug-likeness (QED) is 0.0287. The van der Waals surface area contributed by atoms with E-state index in [4.69, 9.17) is 77.8 Å². The van der Waals surface area contributed by atoms with Crippen LogP contribution in [0.1, 0.15) is 158 Å². The van der Waals surface area contributed by atoms with Crippen molar-refractivity contribution in [2.75, 3.05) is 52.9 Å². The Balaban J connectivity index is 0.00000860. The van der Waals surface area contributed by atoms with E-state index in [1.54, 1.807) is 0 Å². The van der Waals surface area contributed by atoms with Crippen LogP contribution in [-0.4, -0.2) is 82.8 Å². The van der Waals surface area contributed by atoms with Crippen molar-refractivity contribution in [2.45, 2.75) is 158 Å². The molecule has 16 nitrogen and oxygen atoms in total. The average molecular weight is 1150 g/mol. The molecular weight excluding hydrogens is 1070 g/mol. The molecular formula is C64H80N8NiO8. The van der Waals surface area contributed by atoms with Gasteiger partial charge in [0.2, 0.25) is 0 Å². The van der Waals surface area contributed by atoms with Gasteiger partial charge in [0, 0.05) is 44.1 Å². The molecule has 2 aliphatic heterocycles. The molecule has 81 heavy (non-hydrogen) atoms. The number of hydrogen-bond acceptors (Lipinski definition) is 14. The van der Waals surface area contributed by atoms with Crippen molar-refractivity contribution in [3.8, 4) is 91.5 Å². The van der Waals surface area contributed by atoms with Crippen LogP contribution in [0.4, 0.5) is 0 Å². The van der Waals surface area contributed by atoms with Crippen LogP contribution in [0.25, 0.3) is 89.7 Å². The second-order valence-electron chi connectivity index (χ2n) is 20.3. The van der Waals surface area contributed by atoms with E-state index in [2.05, 4.69) is 55.4 Å². The van der Waals surface area contributed by atoms with E-state index in [0.717, 1.165) is 103 Å². The van der Waals surface area contributed by atoms with Crippen LogP contribution in [0.5, 0.6) is 46.0 Å². The molecule has 0 spiro atoms. The Morgan fingerprint density at radius 3 is 0.617 bits per heavy atom. The minimum Gasteiger partial charge on any atom is -0.493 e. The number of rotatable bonds is 32. The molecule has 0 radical (unpaired) electrons. The van der Waals surface area contributed by atoms with Gasteiger partial charge in [-0.2, -0.15) is 0 Å². The second kappa shape index (κ2) is 29.7. The monoisotopic (exact) mass is 1150 g/mol. The van der Waals surface area contributed by atoms with Crippen LogP contribution in [0.15, 0.2) is 48.5 Å². The number of benzene rings is 4. The van der Waals surface area contributed by atoms with Crippen molar-refractivity contribution in [1.29, 1.82) is 0 Å². The van der Waals surface area contributed by atoms with Gasteiger partial charge in [-0.3, -0.25) is 0 Å². The van der Waals surface area contributed by atoms with Crippen LogP contribution in [0.2, 0.25) is 0 Å². The summed E-state index contributed by atoms with van der Waals surface area (Å²) in [5, 5.41) is 2.49. The summed E-state index contributed by atoms with van der Waals surface area (Å²) in [6, 6.07) is 15.5. The number of unbranched alkanes of at least 4 members (excludes halogenated alkanes) is 8. The Kier molecular flexibility index (Phi) is 22.1. The molecule has 5 heterocycles. The van der Waals surface area contributed by atoms with E-state index >= 15 is 0 Å². The molecule has 17 heteroatoms. The molecule has 0 saturated carbocycles. The van der Waals surface area contributed by atoms with Crippen LogP contribution in [-0.2, 0) is 16.5 Å². The van der Waals surface area contributed by atoms with Gasteiger partial charge >= 0.3 is 16.5 Å². The minimum absolute atomic E-state index is 0. The molecule has 0 atom stereocenters. The van der Waals surface area contributed by atoms with Crippen LogP contribution in [0, 0.1) is 0 Å². The van der Waals surface area contributed by atoms with Crippen molar-refractivity contribution in [1.82, 2.24) is 39.9 Å². The van der Waals surface area contributed by atoms with Gasteiger partial charge in [-0.1, -0.05) is 107 Å². The number of nitrogens with zero attached hydrogens (tertiary/aromatic N) is 8. The topological polar surface area (TPSA) is 179 Å². The predicted molar refractivity (Wildman–Crippen MR) is 317 cm³/mol. The number of hydrogen-bond donors (Lipinski definition) is 0. The zero-order chi connectivity index (χ0) is 55.8. The molecule has 0 saturated heterocycles. The van der Waals surface area contributed by atoms with Gasteiger partial charge in [0.15, 0.2) is 0 Å². The number of ether oxygens (including phenoxy) is 8. The first-order valence-corrected chi connectivity index (χ1v) is 29.8. The fraction of sp³-hybridized carbons (Fsp3) is 0.500. The summed E-state index contributed by atoms with van der Waals surface area (Å²) in [4.78, 5) is 43.5. The Morgan fingerprint density at radius 1 is 0.259 bits per heavy atom. The maximum absolute atomic E-state index is 6.68. The fourth-order valence-electron chi connectivity index (χ4n) is 9.50. The Hall–Kier alpha value is -6.87. The first-order chi connectivity index (χ1) is 39.4. The van der Waals surface area contributed by atoms with Crippen LogP contribution >= 0.6 is 0 Å². The van der Waals surface area contributed by atoms with E-state index in [-0.39, 0.29) is 16.5 Å². The standard InChI is InChI=1S/C64H80N8O8.Ni/c1-9-17-33-73-41-25-26-42(74-34-18-10-2)50-49(41)57-65-58(50)70-60-53-45(77-37-21-13-5)29-30-46(78-38-22-14-6)54(53)62(67-60)72-64-56-48(80-40-24-16-8)32-31-47(79-39-23-15-7)55(56)63(68-64)71-61-52-44(76-36-20-12-4)28-27-43(75-35-19-11-3)51(52)59(66-61)69-57;/h25-32H,9-24,33-40H2,1-8H3;/q-2;+2. The van der Waals surface area contributed by atoms with E-state index in [9.17, 15) is 0 Å². The van der Waals surface area contributed by atoms with E-state index < -0.39 is 0 Å². The maximum Gasteiger partial charge on any atom is 2.00 e. The minimum atomic E-state index is 0. The third kappa shape index (κ3) is 13.6. The number of fused-ring (bicyclic) bond motifs is 20. The number of aromatic nitrogens is 8. The fourth-order valence-corrected chi connectivity index (χ4v) is 9.50. The molecule has 3 aromatic heterocycles. The first-order valence-electron chi connectivity index (χ1n) is 29.8. The third-order valence-electron chi connectivity index (χ3n) is 14.0. The zero-order valence-electron chi connectivity index (χ0n) is 48.7. The van der Waals surface area contributed by atoms with Gasteiger partial charge in [0.05, 0.1) is 98.4 Å². The summed E-state index contributed by atoms with van der Waals surface area (Å²) < 4.78 is 53.4. The van der Waals surface area contributed by atoms with Gasteiger partial charge in [-0.05, 0) is 99.9 Å². The molecule has 0 aliphatic carbocycles. The van der Waals surface area contributed by atoms with Crippen LogP contribution < -0.4 is 47.9 Å². The SMILES string of the molecule is CCCCOc1ccc(OCCCC)c2c1-c1nc-2nc2[n-]c(nc3nc(nc4[n-]c(n1)c1c(OCCCC)ccc(OCCCC)c41)-c1c(OCCCC)ccc(OCCCC)c1-3)c1c(OCCCC)ccc(OCCCC)c21.[Ni+2]. The largest absolute Gasteiger partial charge is 2.00 e. The predicted octanol–water partition coefficient (Wildman–Crippen LogP) is 15.6. The molecule has 0 unspecified atom stereocenters. The molecule has 4 aromatic carbocycles. The summed E-state index contributed by atoms with van der Waals surface area (Å²) in [6.45, 7) is 21.0. The van der Waals surface area contributed by atoms with E-state index in [1.165, 1.54) is 0 Å². The molecule has 434 valence electrons. The van der Waals surface area contributed by atoms with Gasteiger partial charge in [-0.25, -0.2) is 9.97 Å².